The van der Waals surface area contributed by atoms with Crippen LogP contribution in [0.2, 0.25) is 0 Å². The fraction of sp³-hybridized carbons (Fsp3) is 0.0233. The Morgan fingerprint density at radius 2 is 0.841 bits per heavy atom. The number of benzene rings is 7. The maximum atomic E-state index is 6.31. The highest BCUT2D eigenvalue weighted by molar-refractivity contribution is 6.09. The Bertz CT molecular complexity index is 2260. The lowest BCUT2D eigenvalue weighted by Gasteiger charge is -2.34. The molecule has 206 valence electrons. The molecule has 0 saturated carbocycles. The SMILES string of the molecule is c1ccc(C2(c3ccc(-c4ccc(-c5cccc6c5oc5ccccc56)cc4)cc3)c3ccccc3-c3ccccc32)cc1. The third-order valence-corrected chi connectivity index (χ3v) is 9.41. The second-order valence-electron chi connectivity index (χ2n) is 11.6. The zero-order chi connectivity index (χ0) is 29.1. The van der Waals surface area contributed by atoms with Crippen molar-refractivity contribution in [3.8, 4) is 33.4 Å². The van der Waals surface area contributed by atoms with Crippen molar-refractivity contribution in [3.63, 3.8) is 0 Å². The molecule has 1 aliphatic carbocycles. The molecule has 0 atom stereocenters. The summed E-state index contributed by atoms with van der Waals surface area (Å²) in [6, 6.07) is 61.5. The van der Waals surface area contributed by atoms with Crippen LogP contribution in [0.1, 0.15) is 22.3 Å². The summed E-state index contributed by atoms with van der Waals surface area (Å²) in [5, 5.41) is 2.31. The summed E-state index contributed by atoms with van der Waals surface area (Å²) in [5.41, 5.74) is 14.0. The van der Waals surface area contributed by atoms with E-state index in [1.807, 2.05) is 12.1 Å². The van der Waals surface area contributed by atoms with Gasteiger partial charge in [-0.3, -0.25) is 0 Å². The molecule has 0 saturated heterocycles. The second-order valence-corrected chi connectivity index (χ2v) is 11.6. The fourth-order valence-electron chi connectivity index (χ4n) is 7.44. The third kappa shape index (κ3) is 3.53. The molecule has 0 unspecified atom stereocenters. The molecule has 8 aromatic rings. The van der Waals surface area contributed by atoms with E-state index in [0.717, 1.165) is 33.1 Å². The fourth-order valence-corrected chi connectivity index (χ4v) is 7.44. The lowest BCUT2D eigenvalue weighted by molar-refractivity contribution is 0.670. The molecule has 0 aliphatic heterocycles. The van der Waals surface area contributed by atoms with Crippen LogP contribution in [0.5, 0.6) is 0 Å². The van der Waals surface area contributed by atoms with Gasteiger partial charge in [0.1, 0.15) is 11.2 Å². The Morgan fingerprint density at radius 3 is 1.55 bits per heavy atom. The lowest BCUT2D eigenvalue weighted by Crippen LogP contribution is -2.28. The van der Waals surface area contributed by atoms with E-state index in [-0.39, 0.29) is 5.41 Å². The van der Waals surface area contributed by atoms with Gasteiger partial charge in [0.25, 0.3) is 0 Å². The third-order valence-electron chi connectivity index (χ3n) is 9.41. The molecule has 7 aromatic carbocycles. The molecular formula is C43H28O. The zero-order valence-corrected chi connectivity index (χ0v) is 24.1. The van der Waals surface area contributed by atoms with E-state index in [2.05, 4.69) is 158 Å². The average Bonchev–Trinajstić information content (AvgIpc) is 3.63. The van der Waals surface area contributed by atoms with Gasteiger partial charge in [0.15, 0.2) is 0 Å². The van der Waals surface area contributed by atoms with Gasteiger partial charge >= 0.3 is 0 Å². The highest BCUT2D eigenvalue weighted by atomic mass is 16.3. The van der Waals surface area contributed by atoms with Gasteiger partial charge in [0, 0.05) is 16.3 Å². The molecule has 0 N–H and O–H groups in total. The minimum atomic E-state index is -0.373. The van der Waals surface area contributed by atoms with Gasteiger partial charge in [-0.25, -0.2) is 0 Å². The van der Waals surface area contributed by atoms with Crippen molar-refractivity contribution in [1.82, 2.24) is 0 Å². The van der Waals surface area contributed by atoms with Crippen LogP contribution in [0.25, 0.3) is 55.3 Å². The zero-order valence-electron chi connectivity index (χ0n) is 24.1. The topological polar surface area (TPSA) is 13.1 Å². The lowest BCUT2D eigenvalue weighted by atomic mass is 9.67. The highest BCUT2D eigenvalue weighted by Gasteiger charge is 2.45. The molecule has 0 spiro atoms. The molecule has 9 rings (SSSR count). The van der Waals surface area contributed by atoms with E-state index in [9.17, 15) is 0 Å². The number of hydrogen-bond acceptors (Lipinski definition) is 1. The number of hydrogen-bond donors (Lipinski definition) is 0. The van der Waals surface area contributed by atoms with Crippen LogP contribution in [-0.2, 0) is 5.41 Å². The molecule has 1 aromatic heterocycles. The quantitative estimate of drug-likeness (QED) is 0.209. The minimum Gasteiger partial charge on any atom is -0.455 e. The normalized spacial score (nSPS) is 13.2. The highest BCUT2D eigenvalue weighted by Crippen LogP contribution is 2.56. The number of furan rings is 1. The summed E-state index contributed by atoms with van der Waals surface area (Å²) >= 11 is 0. The Balaban J connectivity index is 1.14. The molecule has 1 nitrogen and oxygen atoms in total. The Morgan fingerprint density at radius 1 is 0.341 bits per heavy atom. The second kappa shape index (κ2) is 9.69. The average molecular weight is 561 g/mol. The van der Waals surface area contributed by atoms with E-state index < -0.39 is 0 Å². The molecule has 0 bridgehead atoms. The van der Waals surface area contributed by atoms with Crippen LogP contribution in [0.3, 0.4) is 0 Å². The predicted octanol–water partition coefficient (Wildman–Crippen LogP) is 11.3. The smallest absolute Gasteiger partial charge is 0.143 e. The summed E-state index contributed by atoms with van der Waals surface area (Å²) in [7, 11) is 0. The van der Waals surface area contributed by atoms with Gasteiger partial charge in [-0.15, -0.1) is 0 Å². The first-order chi connectivity index (χ1) is 21.8. The van der Waals surface area contributed by atoms with Crippen LogP contribution < -0.4 is 0 Å². The maximum Gasteiger partial charge on any atom is 0.143 e. The summed E-state index contributed by atoms with van der Waals surface area (Å²) in [4.78, 5) is 0. The van der Waals surface area contributed by atoms with Crippen LogP contribution >= 0.6 is 0 Å². The molecule has 1 heterocycles. The van der Waals surface area contributed by atoms with Crippen molar-refractivity contribution in [2.45, 2.75) is 5.41 Å². The first-order valence-electron chi connectivity index (χ1n) is 15.2. The van der Waals surface area contributed by atoms with E-state index in [0.29, 0.717) is 0 Å². The predicted molar refractivity (Wildman–Crippen MR) is 182 cm³/mol. The van der Waals surface area contributed by atoms with Crippen molar-refractivity contribution in [1.29, 1.82) is 0 Å². The molecule has 0 fully saturated rings. The van der Waals surface area contributed by atoms with Gasteiger partial charge in [-0.2, -0.15) is 0 Å². The molecule has 1 aliphatic rings. The summed E-state index contributed by atoms with van der Waals surface area (Å²) < 4.78 is 6.31. The largest absolute Gasteiger partial charge is 0.455 e. The molecule has 0 amide bonds. The standard InChI is InChI=1S/C43H28O/c1-2-11-32(12-3-1)43(39-18-7-4-13-35(39)36-14-5-8-19-40(36)43)33-27-25-30(26-28-33)29-21-23-31(24-22-29)34-16-10-17-38-37-15-6-9-20-41(37)44-42(34)38/h1-28H. The first kappa shape index (κ1) is 24.9. The van der Waals surface area contributed by atoms with E-state index >= 15 is 0 Å². The van der Waals surface area contributed by atoms with E-state index in [1.165, 1.54) is 44.5 Å². The number of fused-ring (bicyclic) bond motifs is 6. The van der Waals surface area contributed by atoms with Crippen molar-refractivity contribution in [2.75, 3.05) is 0 Å². The summed E-state index contributed by atoms with van der Waals surface area (Å²) in [6.45, 7) is 0. The van der Waals surface area contributed by atoms with Crippen molar-refractivity contribution in [2.24, 2.45) is 0 Å². The maximum absolute atomic E-state index is 6.31. The van der Waals surface area contributed by atoms with Crippen LogP contribution in [0, 0.1) is 0 Å². The van der Waals surface area contributed by atoms with Crippen molar-refractivity contribution >= 4 is 21.9 Å². The Hall–Kier alpha value is -5.66. The van der Waals surface area contributed by atoms with Crippen molar-refractivity contribution < 1.29 is 4.42 Å². The molecule has 0 radical (unpaired) electrons. The molecule has 1 heteroatoms. The van der Waals surface area contributed by atoms with E-state index in [4.69, 9.17) is 4.42 Å². The van der Waals surface area contributed by atoms with Gasteiger partial charge in [0.05, 0.1) is 5.41 Å². The Kier molecular flexibility index (Phi) is 5.48. The van der Waals surface area contributed by atoms with Gasteiger partial charge in [-0.05, 0) is 56.1 Å². The number of rotatable bonds is 4. The van der Waals surface area contributed by atoms with Gasteiger partial charge in [-0.1, -0.05) is 164 Å². The monoisotopic (exact) mass is 560 g/mol. The number of para-hydroxylation sites is 2. The van der Waals surface area contributed by atoms with Crippen molar-refractivity contribution in [3.05, 3.63) is 192 Å². The molecular weight excluding hydrogens is 532 g/mol. The summed E-state index contributed by atoms with van der Waals surface area (Å²) in [6.07, 6.45) is 0. The van der Waals surface area contributed by atoms with Gasteiger partial charge in [0.2, 0.25) is 0 Å². The Labute approximate surface area is 256 Å². The van der Waals surface area contributed by atoms with Crippen LogP contribution in [0.4, 0.5) is 0 Å². The van der Waals surface area contributed by atoms with E-state index in [1.54, 1.807) is 0 Å². The minimum absolute atomic E-state index is 0.373. The molecule has 44 heavy (non-hydrogen) atoms. The first-order valence-corrected chi connectivity index (χ1v) is 15.2. The van der Waals surface area contributed by atoms with Crippen LogP contribution in [0.15, 0.2) is 174 Å². The van der Waals surface area contributed by atoms with Gasteiger partial charge < -0.3 is 4.42 Å². The summed E-state index contributed by atoms with van der Waals surface area (Å²) in [5.74, 6) is 0. The van der Waals surface area contributed by atoms with Crippen LogP contribution in [-0.4, -0.2) is 0 Å².